The monoisotopic (exact) mass is 301 g/mol. The fraction of sp³-hybridized carbons (Fsp3) is 0.250. The zero-order chi connectivity index (χ0) is 15.7. The summed E-state index contributed by atoms with van der Waals surface area (Å²) in [6, 6.07) is 5.17. The Labute approximate surface area is 127 Å². The van der Waals surface area contributed by atoms with E-state index >= 15 is 0 Å². The van der Waals surface area contributed by atoms with Crippen molar-refractivity contribution in [2.24, 2.45) is 0 Å². The fourth-order valence-corrected chi connectivity index (χ4v) is 2.32. The van der Waals surface area contributed by atoms with Crippen molar-refractivity contribution in [3.63, 3.8) is 0 Å². The van der Waals surface area contributed by atoms with Crippen LogP contribution in [-0.2, 0) is 0 Å². The summed E-state index contributed by atoms with van der Waals surface area (Å²) in [7, 11) is 0. The van der Waals surface area contributed by atoms with Gasteiger partial charge in [-0.05, 0) is 31.0 Å². The third-order valence-electron chi connectivity index (χ3n) is 3.56. The van der Waals surface area contributed by atoms with Gasteiger partial charge in [-0.25, -0.2) is 9.18 Å². The molecule has 1 heterocycles. The van der Waals surface area contributed by atoms with Crippen molar-refractivity contribution in [3.8, 4) is 17.0 Å². The SMILES string of the molecule is C=CCNC(=O)n1nc(-c2ccc(F)cc2O)cc1C1CC1. The molecule has 1 aromatic heterocycles. The van der Waals surface area contributed by atoms with Gasteiger partial charge in [-0.1, -0.05) is 6.08 Å². The molecule has 1 aliphatic carbocycles. The number of carbonyl (C=O) groups excluding carboxylic acids is 1. The maximum absolute atomic E-state index is 13.1. The molecule has 0 saturated heterocycles. The lowest BCUT2D eigenvalue weighted by Gasteiger charge is -2.05. The summed E-state index contributed by atoms with van der Waals surface area (Å²) in [4.78, 5) is 12.2. The second-order valence-corrected chi connectivity index (χ2v) is 5.28. The minimum absolute atomic E-state index is 0.196. The Morgan fingerprint density at radius 2 is 2.27 bits per heavy atom. The number of aromatic hydroxyl groups is 1. The average molecular weight is 301 g/mol. The van der Waals surface area contributed by atoms with E-state index in [-0.39, 0.29) is 11.8 Å². The molecule has 0 radical (unpaired) electrons. The van der Waals surface area contributed by atoms with Crippen molar-refractivity contribution >= 4 is 6.03 Å². The molecule has 1 saturated carbocycles. The van der Waals surface area contributed by atoms with Gasteiger partial charge < -0.3 is 10.4 Å². The number of carbonyl (C=O) groups is 1. The van der Waals surface area contributed by atoms with Gasteiger partial charge in [0.1, 0.15) is 11.6 Å². The molecule has 1 aromatic carbocycles. The van der Waals surface area contributed by atoms with Crippen molar-refractivity contribution in [2.75, 3.05) is 6.54 Å². The van der Waals surface area contributed by atoms with Gasteiger partial charge in [-0.3, -0.25) is 0 Å². The molecule has 2 aromatic rings. The number of nitrogens with zero attached hydrogens (tertiary/aromatic N) is 2. The van der Waals surface area contributed by atoms with E-state index in [0.29, 0.717) is 23.7 Å². The van der Waals surface area contributed by atoms with Crippen LogP contribution >= 0.6 is 0 Å². The van der Waals surface area contributed by atoms with E-state index in [0.717, 1.165) is 24.6 Å². The molecule has 2 N–H and O–H groups in total. The Morgan fingerprint density at radius 1 is 1.50 bits per heavy atom. The first-order valence-corrected chi connectivity index (χ1v) is 7.08. The largest absolute Gasteiger partial charge is 0.507 e. The van der Waals surface area contributed by atoms with Crippen LogP contribution in [-0.4, -0.2) is 27.5 Å². The molecular formula is C16H16FN3O2. The molecule has 0 unspecified atom stereocenters. The smallest absolute Gasteiger partial charge is 0.342 e. The maximum Gasteiger partial charge on any atom is 0.342 e. The van der Waals surface area contributed by atoms with E-state index < -0.39 is 5.82 Å². The Bertz CT molecular complexity index is 735. The van der Waals surface area contributed by atoms with E-state index in [1.807, 2.05) is 0 Å². The normalized spacial score (nSPS) is 13.9. The highest BCUT2D eigenvalue weighted by Crippen LogP contribution is 2.42. The highest BCUT2D eigenvalue weighted by molar-refractivity contribution is 5.79. The molecule has 1 aliphatic rings. The van der Waals surface area contributed by atoms with Crippen molar-refractivity contribution in [1.29, 1.82) is 0 Å². The van der Waals surface area contributed by atoms with Crippen LogP contribution in [0.3, 0.4) is 0 Å². The predicted octanol–water partition coefficient (Wildman–Crippen LogP) is 3.02. The first-order valence-electron chi connectivity index (χ1n) is 7.08. The van der Waals surface area contributed by atoms with Gasteiger partial charge in [0.05, 0.1) is 11.4 Å². The number of hydrogen-bond acceptors (Lipinski definition) is 3. The number of aromatic nitrogens is 2. The highest BCUT2D eigenvalue weighted by Gasteiger charge is 2.30. The quantitative estimate of drug-likeness (QED) is 0.853. The minimum Gasteiger partial charge on any atom is -0.507 e. The number of hydrogen-bond donors (Lipinski definition) is 2. The Morgan fingerprint density at radius 3 is 2.91 bits per heavy atom. The first kappa shape index (κ1) is 14.3. The second-order valence-electron chi connectivity index (χ2n) is 5.28. The average Bonchev–Trinajstić information content (AvgIpc) is 3.24. The van der Waals surface area contributed by atoms with Crippen LogP contribution in [0.5, 0.6) is 5.75 Å². The molecular weight excluding hydrogens is 285 g/mol. The number of amides is 1. The van der Waals surface area contributed by atoms with Crippen LogP contribution in [0.25, 0.3) is 11.3 Å². The number of halogens is 1. The van der Waals surface area contributed by atoms with Gasteiger partial charge >= 0.3 is 6.03 Å². The van der Waals surface area contributed by atoms with E-state index in [4.69, 9.17) is 0 Å². The molecule has 1 amide bonds. The molecule has 0 spiro atoms. The van der Waals surface area contributed by atoms with E-state index in [9.17, 15) is 14.3 Å². The van der Waals surface area contributed by atoms with Crippen LogP contribution in [0.15, 0.2) is 36.9 Å². The summed E-state index contributed by atoms with van der Waals surface area (Å²) < 4.78 is 14.4. The highest BCUT2D eigenvalue weighted by atomic mass is 19.1. The third kappa shape index (κ3) is 2.72. The standard InChI is InChI=1S/C16H16FN3O2/c1-2-7-18-16(22)20-14(10-3-4-10)9-13(19-20)12-6-5-11(17)8-15(12)21/h2,5-6,8-10,21H,1,3-4,7H2,(H,18,22). The maximum atomic E-state index is 13.1. The predicted molar refractivity (Wildman–Crippen MR) is 80.3 cm³/mol. The van der Waals surface area contributed by atoms with Crippen LogP contribution < -0.4 is 5.32 Å². The lowest BCUT2D eigenvalue weighted by Crippen LogP contribution is -2.30. The van der Waals surface area contributed by atoms with Gasteiger partial charge in [-0.15, -0.1) is 6.58 Å². The summed E-state index contributed by atoms with van der Waals surface area (Å²) in [5.41, 5.74) is 1.66. The zero-order valence-corrected chi connectivity index (χ0v) is 11.9. The lowest BCUT2D eigenvalue weighted by molar-refractivity contribution is 0.240. The number of rotatable bonds is 4. The summed E-state index contributed by atoms with van der Waals surface area (Å²) >= 11 is 0. The molecule has 0 aliphatic heterocycles. The van der Waals surface area contributed by atoms with Gasteiger partial charge in [0, 0.05) is 24.1 Å². The number of phenols is 1. The molecule has 1 fully saturated rings. The topological polar surface area (TPSA) is 67.2 Å². The summed E-state index contributed by atoms with van der Waals surface area (Å²) in [6.07, 6.45) is 3.61. The van der Waals surface area contributed by atoms with Crippen LogP contribution in [0.2, 0.25) is 0 Å². The van der Waals surface area contributed by atoms with Gasteiger partial charge in [0.15, 0.2) is 0 Å². The van der Waals surface area contributed by atoms with Crippen molar-refractivity contribution < 1.29 is 14.3 Å². The molecule has 0 bridgehead atoms. The number of benzene rings is 1. The fourth-order valence-electron chi connectivity index (χ4n) is 2.32. The van der Waals surface area contributed by atoms with Crippen molar-refractivity contribution in [3.05, 3.63) is 48.4 Å². The molecule has 5 nitrogen and oxygen atoms in total. The molecule has 114 valence electrons. The van der Waals surface area contributed by atoms with E-state index in [1.54, 1.807) is 12.1 Å². The summed E-state index contributed by atoms with van der Waals surface area (Å²) in [5, 5.41) is 16.8. The summed E-state index contributed by atoms with van der Waals surface area (Å²) in [5.74, 6) is -0.413. The van der Waals surface area contributed by atoms with Crippen molar-refractivity contribution in [1.82, 2.24) is 15.1 Å². The summed E-state index contributed by atoms with van der Waals surface area (Å²) in [6.45, 7) is 3.90. The third-order valence-corrected chi connectivity index (χ3v) is 3.56. The molecule has 3 rings (SSSR count). The lowest BCUT2D eigenvalue weighted by atomic mass is 10.1. The zero-order valence-electron chi connectivity index (χ0n) is 11.9. The molecule has 0 atom stereocenters. The second kappa shape index (κ2) is 5.63. The Hall–Kier alpha value is -2.63. The minimum atomic E-state index is -0.521. The van der Waals surface area contributed by atoms with Gasteiger partial charge in [-0.2, -0.15) is 9.78 Å². The van der Waals surface area contributed by atoms with E-state index in [2.05, 4.69) is 17.0 Å². The van der Waals surface area contributed by atoms with E-state index in [1.165, 1.54) is 16.8 Å². The van der Waals surface area contributed by atoms with Crippen molar-refractivity contribution in [2.45, 2.75) is 18.8 Å². The Balaban J connectivity index is 1.99. The van der Waals surface area contributed by atoms with Crippen LogP contribution in [0.4, 0.5) is 9.18 Å². The number of phenolic OH excluding ortho intramolecular Hbond substituents is 1. The molecule has 6 heteroatoms. The Kier molecular flexibility index (Phi) is 3.66. The van der Waals surface area contributed by atoms with Gasteiger partial charge in [0.2, 0.25) is 0 Å². The van der Waals surface area contributed by atoms with Crippen LogP contribution in [0, 0.1) is 5.82 Å². The van der Waals surface area contributed by atoms with Crippen LogP contribution in [0.1, 0.15) is 24.5 Å². The van der Waals surface area contributed by atoms with Gasteiger partial charge in [0.25, 0.3) is 0 Å². The molecule has 22 heavy (non-hydrogen) atoms. The number of nitrogens with one attached hydrogen (secondary N) is 1. The first-order chi connectivity index (χ1) is 10.6.